The van der Waals surface area contributed by atoms with E-state index in [1.165, 1.54) is 11.3 Å². The van der Waals surface area contributed by atoms with Crippen molar-refractivity contribution in [1.82, 2.24) is 10.3 Å². The zero-order chi connectivity index (χ0) is 17.2. The Labute approximate surface area is 167 Å². The number of anilines is 1. The molecule has 2 rings (SSSR count). The zero-order valence-electron chi connectivity index (χ0n) is 15.0. The molecule has 0 unspecified atom stereocenters. The molecule has 3 N–H and O–H groups in total. The molecule has 5 nitrogen and oxygen atoms in total. The number of nitrogens with two attached hydrogens (primary N) is 1. The summed E-state index contributed by atoms with van der Waals surface area (Å²) in [5.74, 6) is 0.492. The van der Waals surface area contributed by atoms with Crippen LogP contribution in [0.25, 0.3) is 0 Å². The van der Waals surface area contributed by atoms with Crippen LogP contribution in [0.3, 0.4) is 0 Å². The lowest BCUT2D eigenvalue weighted by molar-refractivity contribution is 0.767. The summed E-state index contributed by atoms with van der Waals surface area (Å²) in [6.45, 7) is 7.56. The molecule has 0 fully saturated rings. The molecule has 1 aromatic heterocycles. The number of halogens is 1. The summed E-state index contributed by atoms with van der Waals surface area (Å²) in [7, 11) is 0. The Morgan fingerprint density at radius 3 is 2.64 bits per heavy atom. The third-order valence-electron chi connectivity index (χ3n) is 3.90. The fourth-order valence-electron chi connectivity index (χ4n) is 2.58. The van der Waals surface area contributed by atoms with E-state index in [9.17, 15) is 0 Å². The van der Waals surface area contributed by atoms with Crippen molar-refractivity contribution in [3.8, 4) is 0 Å². The molecule has 6 heteroatoms. The van der Waals surface area contributed by atoms with E-state index in [0.717, 1.165) is 31.7 Å². The summed E-state index contributed by atoms with van der Waals surface area (Å²) in [4.78, 5) is 11.0. The quantitative estimate of drug-likeness (QED) is 0.367. The number of hydrogen-bond acceptors (Lipinski definition) is 3. The highest BCUT2D eigenvalue weighted by atomic mass is 127. The molecule has 1 aromatic carbocycles. The largest absolute Gasteiger partial charge is 0.370 e. The molecular formula is C19H28IN5. The molecule has 0 amide bonds. The van der Waals surface area contributed by atoms with Crippen LogP contribution < -0.4 is 16.0 Å². The summed E-state index contributed by atoms with van der Waals surface area (Å²) in [5.41, 5.74) is 9.53. The highest BCUT2D eigenvalue weighted by Crippen LogP contribution is 2.18. The number of para-hydroxylation sites is 1. The molecule has 0 bridgehead atoms. The fourth-order valence-corrected chi connectivity index (χ4v) is 2.58. The third-order valence-corrected chi connectivity index (χ3v) is 3.90. The van der Waals surface area contributed by atoms with Gasteiger partial charge >= 0.3 is 0 Å². The van der Waals surface area contributed by atoms with Crippen molar-refractivity contribution in [3.05, 3.63) is 59.9 Å². The van der Waals surface area contributed by atoms with Gasteiger partial charge in [0.25, 0.3) is 0 Å². The monoisotopic (exact) mass is 453 g/mol. The van der Waals surface area contributed by atoms with Gasteiger partial charge in [-0.2, -0.15) is 0 Å². The van der Waals surface area contributed by atoms with Gasteiger partial charge in [-0.1, -0.05) is 24.3 Å². The van der Waals surface area contributed by atoms with E-state index < -0.39 is 0 Å². The zero-order valence-corrected chi connectivity index (χ0v) is 17.3. The summed E-state index contributed by atoms with van der Waals surface area (Å²) in [6.07, 6.45) is 2.60. The highest BCUT2D eigenvalue weighted by Gasteiger charge is 2.06. The Hall–Kier alpha value is -1.83. The van der Waals surface area contributed by atoms with E-state index in [1.54, 1.807) is 6.20 Å². The summed E-state index contributed by atoms with van der Waals surface area (Å²) in [6, 6.07) is 14.3. The smallest absolute Gasteiger partial charge is 0.188 e. The van der Waals surface area contributed by atoms with Crippen LogP contribution >= 0.6 is 24.0 Å². The maximum absolute atomic E-state index is 5.93. The first-order valence-corrected chi connectivity index (χ1v) is 8.45. The number of benzene rings is 1. The van der Waals surface area contributed by atoms with Crippen molar-refractivity contribution >= 4 is 35.6 Å². The van der Waals surface area contributed by atoms with Crippen molar-refractivity contribution < 1.29 is 0 Å². The van der Waals surface area contributed by atoms with Gasteiger partial charge in [0.1, 0.15) is 0 Å². The van der Waals surface area contributed by atoms with Crippen LogP contribution in [0.5, 0.6) is 0 Å². The number of rotatable bonds is 8. The first-order valence-electron chi connectivity index (χ1n) is 8.45. The number of likely N-dealkylation sites (N-methyl/N-ethyl adjacent to an activating group) is 1. The third kappa shape index (κ3) is 7.29. The minimum atomic E-state index is 0. The van der Waals surface area contributed by atoms with Crippen LogP contribution in [-0.4, -0.2) is 37.1 Å². The molecule has 136 valence electrons. The van der Waals surface area contributed by atoms with Crippen molar-refractivity contribution in [3.63, 3.8) is 0 Å². The number of guanidine groups is 1. The molecule has 0 saturated heterocycles. The number of aliphatic imine (C=N–C) groups is 1. The topological polar surface area (TPSA) is 66.5 Å². The van der Waals surface area contributed by atoms with Crippen LogP contribution in [0, 0.1) is 6.92 Å². The maximum Gasteiger partial charge on any atom is 0.188 e. The van der Waals surface area contributed by atoms with Crippen LogP contribution in [-0.2, 0) is 6.42 Å². The molecule has 0 aliphatic carbocycles. The summed E-state index contributed by atoms with van der Waals surface area (Å²) in [5, 5.41) is 3.19. The van der Waals surface area contributed by atoms with E-state index in [4.69, 9.17) is 5.73 Å². The Balaban J connectivity index is 0.00000312. The SMILES string of the molecule is CCN(CCNC(N)=NCCc1ccccn1)c1ccccc1C.I. The predicted octanol–water partition coefficient (Wildman–Crippen LogP) is 2.98. The van der Waals surface area contributed by atoms with Crippen molar-refractivity contribution in [2.75, 3.05) is 31.1 Å². The fraction of sp³-hybridized carbons (Fsp3) is 0.368. The summed E-state index contributed by atoms with van der Waals surface area (Å²) < 4.78 is 0. The molecule has 25 heavy (non-hydrogen) atoms. The van der Waals surface area contributed by atoms with E-state index in [-0.39, 0.29) is 24.0 Å². The number of hydrogen-bond donors (Lipinski definition) is 2. The van der Waals surface area contributed by atoms with Gasteiger partial charge in [0.2, 0.25) is 0 Å². The average molecular weight is 453 g/mol. The second-order valence-corrected chi connectivity index (χ2v) is 5.63. The second kappa shape index (κ2) is 11.7. The van der Waals surface area contributed by atoms with E-state index in [1.807, 2.05) is 18.2 Å². The van der Waals surface area contributed by atoms with Gasteiger partial charge in [0, 0.05) is 50.2 Å². The number of nitrogens with one attached hydrogen (secondary N) is 1. The highest BCUT2D eigenvalue weighted by molar-refractivity contribution is 14.0. The lowest BCUT2D eigenvalue weighted by Crippen LogP contribution is -2.39. The first kappa shape index (κ1) is 21.2. The lowest BCUT2D eigenvalue weighted by atomic mass is 10.2. The number of nitrogens with zero attached hydrogens (tertiary/aromatic N) is 3. The molecule has 0 spiro atoms. The molecule has 2 aromatic rings. The molecule has 0 aliphatic heterocycles. The van der Waals surface area contributed by atoms with Crippen LogP contribution in [0.4, 0.5) is 5.69 Å². The molecular weight excluding hydrogens is 425 g/mol. The molecule has 0 radical (unpaired) electrons. The van der Waals surface area contributed by atoms with Crippen LogP contribution in [0.1, 0.15) is 18.2 Å². The predicted molar refractivity (Wildman–Crippen MR) is 117 cm³/mol. The van der Waals surface area contributed by atoms with Gasteiger partial charge in [-0.05, 0) is 37.6 Å². The molecule has 0 saturated carbocycles. The van der Waals surface area contributed by atoms with Crippen LogP contribution in [0.2, 0.25) is 0 Å². The number of pyridine rings is 1. The number of aryl methyl sites for hydroxylation is 1. The minimum absolute atomic E-state index is 0. The van der Waals surface area contributed by atoms with E-state index in [2.05, 4.69) is 58.3 Å². The van der Waals surface area contributed by atoms with Crippen LogP contribution in [0.15, 0.2) is 53.7 Å². The lowest BCUT2D eigenvalue weighted by Gasteiger charge is -2.25. The average Bonchev–Trinajstić information content (AvgIpc) is 2.60. The van der Waals surface area contributed by atoms with Gasteiger partial charge < -0.3 is 16.0 Å². The Morgan fingerprint density at radius 2 is 1.96 bits per heavy atom. The van der Waals surface area contributed by atoms with Gasteiger partial charge in [-0.15, -0.1) is 24.0 Å². The number of aromatic nitrogens is 1. The maximum atomic E-state index is 5.93. The van der Waals surface area contributed by atoms with Gasteiger partial charge in [-0.25, -0.2) is 0 Å². The van der Waals surface area contributed by atoms with Gasteiger partial charge in [0.15, 0.2) is 5.96 Å². The van der Waals surface area contributed by atoms with Crippen molar-refractivity contribution in [2.24, 2.45) is 10.7 Å². The van der Waals surface area contributed by atoms with Gasteiger partial charge in [-0.3, -0.25) is 9.98 Å². The Kier molecular flexibility index (Phi) is 9.91. The second-order valence-electron chi connectivity index (χ2n) is 5.63. The molecule has 1 heterocycles. The van der Waals surface area contributed by atoms with Crippen molar-refractivity contribution in [2.45, 2.75) is 20.3 Å². The molecule has 0 atom stereocenters. The molecule has 0 aliphatic rings. The minimum Gasteiger partial charge on any atom is -0.370 e. The Bertz CT molecular complexity index is 645. The first-order chi connectivity index (χ1) is 11.7. The van der Waals surface area contributed by atoms with Crippen molar-refractivity contribution in [1.29, 1.82) is 0 Å². The van der Waals surface area contributed by atoms with E-state index in [0.29, 0.717) is 12.5 Å². The Morgan fingerprint density at radius 1 is 1.20 bits per heavy atom. The normalized spacial score (nSPS) is 10.9. The standard InChI is InChI=1S/C19H27N5.HI/c1-3-24(18-10-5-4-8-16(18)2)15-14-23-19(20)22-13-11-17-9-6-7-12-21-17;/h4-10,12H,3,11,13-15H2,1-2H3,(H3,20,22,23);1H. The summed E-state index contributed by atoms with van der Waals surface area (Å²) >= 11 is 0. The van der Waals surface area contributed by atoms with E-state index >= 15 is 0 Å². The van der Waals surface area contributed by atoms with Gasteiger partial charge in [0.05, 0.1) is 0 Å².